The SMILES string of the molecule is CC1(C)c2ccccc2-c2ccc(-n3c4ccccc4c4cc(-c5ccc6c(c5)c5ccccc5n6-c5ccc(-n6c7ccccc7c7cc(-c8ccc9c(c8)c8ccccc8n9-c8ccc9c(c8)C(C)(C)c8ccccc8-9)ccc76)c6nccnc56)ccc43)cc21. The van der Waals surface area contributed by atoms with Crippen molar-refractivity contribution in [3.63, 3.8) is 0 Å². The van der Waals surface area contributed by atoms with Gasteiger partial charge in [-0.05, 0) is 176 Å². The number of aromatic nitrogens is 6. The fourth-order valence-corrected chi connectivity index (χ4v) is 16.7. The van der Waals surface area contributed by atoms with Gasteiger partial charge in [-0.25, -0.2) is 0 Å². The maximum atomic E-state index is 5.21. The number of nitrogens with zero attached hydrogens (tertiary/aromatic N) is 6. The Bertz CT molecular complexity index is 5890. The molecule has 0 saturated carbocycles. The molecule has 92 heavy (non-hydrogen) atoms. The van der Waals surface area contributed by atoms with E-state index in [4.69, 9.17) is 9.97 Å². The molecule has 2 aliphatic rings. The highest BCUT2D eigenvalue weighted by molar-refractivity contribution is 6.16. The summed E-state index contributed by atoms with van der Waals surface area (Å²) in [6, 6.07) is 99.7. The Hall–Kier alpha value is -11.6. The van der Waals surface area contributed by atoms with Gasteiger partial charge in [0.15, 0.2) is 0 Å². The number of hydrogen-bond acceptors (Lipinski definition) is 2. The second-order valence-corrected chi connectivity index (χ2v) is 26.5. The molecule has 2 aliphatic carbocycles. The van der Waals surface area contributed by atoms with Gasteiger partial charge in [-0.1, -0.05) is 185 Å². The molecule has 20 rings (SSSR count). The molecule has 0 unspecified atom stereocenters. The molecular formula is C86H58N6. The predicted molar refractivity (Wildman–Crippen MR) is 383 cm³/mol. The van der Waals surface area contributed by atoms with Crippen molar-refractivity contribution in [3.05, 3.63) is 302 Å². The number of rotatable bonds is 6. The van der Waals surface area contributed by atoms with Crippen LogP contribution in [0, 0.1) is 0 Å². The normalized spacial score (nSPS) is 13.8. The van der Waals surface area contributed by atoms with Gasteiger partial charge >= 0.3 is 0 Å². The van der Waals surface area contributed by atoms with Crippen LogP contribution >= 0.6 is 0 Å². The van der Waals surface area contributed by atoms with E-state index in [9.17, 15) is 0 Å². The van der Waals surface area contributed by atoms with Crippen LogP contribution in [-0.2, 0) is 10.8 Å². The van der Waals surface area contributed by atoms with Crippen LogP contribution in [0.5, 0.6) is 0 Å². The van der Waals surface area contributed by atoms with Gasteiger partial charge in [-0.2, -0.15) is 0 Å². The van der Waals surface area contributed by atoms with Gasteiger partial charge in [-0.3, -0.25) is 9.97 Å². The zero-order valence-corrected chi connectivity index (χ0v) is 51.2. The van der Waals surface area contributed by atoms with Crippen LogP contribution in [0.1, 0.15) is 49.9 Å². The van der Waals surface area contributed by atoms with E-state index in [1.807, 2.05) is 12.4 Å². The summed E-state index contributed by atoms with van der Waals surface area (Å²) in [7, 11) is 0. The maximum absolute atomic E-state index is 5.21. The molecule has 0 bridgehead atoms. The Balaban J connectivity index is 0.681. The van der Waals surface area contributed by atoms with Crippen molar-refractivity contribution in [2.45, 2.75) is 38.5 Å². The van der Waals surface area contributed by atoms with Gasteiger partial charge in [0.05, 0.1) is 55.5 Å². The van der Waals surface area contributed by atoms with Crippen LogP contribution in [0.2, 0.25) is 0 Å². The van der Waals surface area contributed by atoms with Gasteiger partial charge in [0.2, 0.25) is 0 Å². The monoisotopic (exact) mass is 1170 g/mol. The lowest BCUT2D eigenvalue weighted by Gasteiger charge is -2.22. The zero-order valence-electron chi connectivity index (χ0n) is 51.2. The average Bonchev–Trinajstić information content (AvgIpc) is 1.55. The van der Waals surface area contributed by atoms with E-state index < -0.39 is 0 Å². The van der Waals surface area contributed by atoms with Gasteiger partial charge in [0.25, 0.3) is 0 Å². The summed E-state index contributed by atoms with van der Waals surface area (Å²) in [6.45, 7) is 9.44. The van der Waals surface area contributed by atoms with Crippen molar-refractivity contribution in [2.75, 3.05) is 0 Å². The summed E-state index contributed by atoms with van der Waals surface area (Å²) in [6.07, 6.45) is 3.66. The Morgan fingerprint density at radius 1 is 0.239 bits per heavy atom. The van der Waals surface area contributed by atoms with Crippen LogP contribution in [0.4, 0.5) is 0 Å². The highest BCUT2D eigenvalue weighted by Gasteiger charge is 2.37. The molecule has 0 radical (unpaired) electrons. The fraction of sp³-hybridized carbons (Fsp3) is 0.0698. The number of hydrogen-bond donors (Lipinski definition) is 0. The molecular weight excluding hydrogens is 1120 g/mol. The van der Waals surface area contributed by atoms with Gasteiger partial charge in [-0.15, -0.1) is 0 Å². The van der Waals surface area contributed by atoms with Crippen molar-refractivity contribution in [2.24, 2.45) is 0 Å². The van der Waals surface area contributed by atoms with Crippen molar-refractivity contribution in [1.82, 2.24) is 28.2 Å². The van der Waals surface area contributed by atoms with Gasteiger partial charge in [0.1, 0.15) is 11.0 Å². The largest absolute Gasteiger partial charge is 0.309 e. The lowest BCUT2D eigenvalue weighted by molar-refractivity contribution is 0.660. The number of benzene rings is 13. The first-order chi connectivity index (χ1) is 45.2. The van der Waals surface area contributed by atoms with Crippen LogP contribution in [-0.4, -0.2) is 28.2 Å². The lowest BCUT2D eigenvalue weighted by atomic mass is 9.82. The molecule has 0 spiro atoms. The molecule has 0 saturated heterocycles. The second-order valence-electron chi connectivity index (χ2n) is 26.5. The third-order valence-corrected chi connectivity index (χ3v) is 21.1. The molecule has 6 heteroatoms. The van der Waals surface area contributed by atoms with E-state index in [0.29, 0.717) is 0 Å². The van der Waals surface area contributed by atoms with Crippen molar-refractivity contribution in [1.29, 1.82) is 0 Å². The van der Waals surface area contributed by atoms with Crippen LogP contribution in [0.3, 0.4) is 0 Å². The van der Waals surface area contributed by atoms with Crippen molar-refractivity contribution < 1.29 is 0 Å². The summed E-state index contributed by atoms with van der Waals surface area (Å²) in [5, 5.41) is 9.68. The minimum Gasteiger partial charge on any atom is -0.309 e. The van der Waals surface area contributed by atoms with Crippen molar-refractivity contribution >= 4 is 98.3 Å². The Morgan fingerprint density at radius 2 is 0.533 bits per heavy atom. The summed E-state index contributed by atoms with van der Waals surface area (Å²) in [4.78, 5) is 10.4. The van der Waals surface area contributed by atoms with E-state index >= 15 is 0 Å². The summed E-state index contributed by atoms with van der Waals surface area (Å²) in [5.74, 6) is 0. The van der Waals surface area contributed by atoms with E-state index in [2.05, 4.69) is 313 Å². The highest BCUT2D eigenvalue weighted by atomic mass is 15.0. The molecule has 6 nitrogen and oxygen atoms in total. The molecule has 0 N–H and O–H groups in total. The summed E-state index contributed by atoms with van der Waals surface area (Å²) < 4.78 is 9.69. The molecule has 5 aromatic heterocycles. The van der Waals surface area contributed by atoms with E-state index in [-0.39, 0.29) is 10.8 Å². The zero-order chi connectivity index (χ0) is 60.9. The van der Waals surface area contributed by atoms with Crippen molar-refractivity contribution in [3.8, 4) is 67.3 Å². The quantitative estimate of drug-likeness (QED) is 0.167. The number of para-hydroxylation sites is 4. The highest BCUT2D eigenvalue weighted by Crippen LogP contribution is 2.52. The van der Waals surface area contributed by atoms with Crippen LogP contribution in [0.15, 0.2) is 279 Å². The first kappa shape index (κ1) is 51.3. The molecule has 0 amide bonds. The summed E-state index contributed by atoms with van der Waals surface area (Å²) >= 11 is 0. The smallest absolute Gasteiger partial charge is 0.115 e. The van der Waals surface area contributed by atoms with Crippen LogP contribution in [0.25, 0.3) is 166 Å². The van der Waals surface area contributed by atoms with Gasteiger partial charge < -0.3 is 18.3 Å². The molecule has 432 valence electrons. The predicted octanol–water partition coefficient (Wildman–Crippen LogP) is 22.0. The second kappa shape index (κ2) is 18.5. The van der Waals surface area contributed by atoms with Crippen LogP contribution < -0.4 is 0 Å². The first-order valence-electron chi connectivity index (χ1n) is 32.0. The minimum atomic E-state index is -0.0952. The van der Waals surface area contributed by atoms with E-state index in [1.165, 1.54) is 143 Å². The molecule has 0 aliphatic heterocycles. The Labute approximate surface area is 530 Å². The topological polar surface area (TPSA) is 45.5 Å². The lowest BCUT2D eigenvalue weighted by Crippen LogP contribution is -2.15. The molecule has 0 fully saturated rings. The first-order valence-corrected chi connectivity index (χ1v) is 32.0. The fourth-order valence-electron chi connectivity index (χ4n) is 16.7. The van der Waals surface area contributed by atoms with Gasteiger partial charge in [0, 0.05) is 77.7 Å². The number of fused-ring (bicyclic) bond motifs is 19. The Morgan fingerprint density at radius 3 is 0.902 bits per heavy atom. The average molecular weight is 1180 g/mol. The maximum Gasteiger partial charge on any atom is 0.115 e. The molecule has 18 aromatic rings. The van der Waals surface area contributed by atoms with E-state index in [0.717, 1.165) is 44.5 Å². The minimum absolute atomic E-state index is 0.0952. The standard InChI is InChI=1S/C86H58N6/c1-85(2)69-23-11-5-17-57(69)59-35-33-55(49-71(59)85)89-73-25-13-7-19-61(73)65-45-51(29-37-77(65)89)53-31-39-79-67(47-53)63-21-9-15-27-75(63)91(79)81-41-42-82(84-83(81)87-43-44-88-84)92-76-28-16-10-22-64(76)68-48-54(32-40-80(68)92)52-30-38-78-66(46-52)62-20-8-14-26-74(62)90(78)56-34-36-60-58-18-6-12-24-70(58)86(3,4)72(60)50-56/h5-50H,1-4H3. The Kier molecular flexibility index (Phi) is 10.3. The summed E-state index contributed by atoms with van der Waals surface area (Å²) in [5.41, 5.74) is 30.6. The van der Waals surface area contributed by atoms with E-state index in [1.54, 1.807) is 0 Å². The molecule has 5 heterocycles. The molecule has 0 atom stereocenters. The third-order valence-electron chi connectivity index (χ3n) is 21.1. The third kappa shape index (κ3) is 6.93. The molecule has 13 aromatic carbocycles.